The average molecular weight is 351 g/mol. The highest BCUT2D eigenvalue weighted by Crippen LogP contribution is 2.41. The van der Waals surface area contributed by atoms with Crippen LogP contribution in [-0.2, 0) is 22.4 Å². The summed E-state index contributed by atoms with van der Waals surface area (Å²) in [6, 6.07) is 18.5. The second-order valence-corrected chi connectivity index (χ2v) is 7.20. The van der Waals surface area contributed by atoms with Gasteiger partial charge in [-0.1, -0.05) is 73.5 Å². The van der Waals surface area contributed by atoms with Crippen LogP contribution >= 0.6 is 0 Å². The molecule has 1 fully saturated rings. The van der Waals surface area contributed by atoms with Gasteiger partial charge in [0.25, 0.3) is 0 Å². The molecule has 4 heteroatoms. The maximum Gasteiger partial charge on any atom is 0.326 e. The van der Waals surface area contributed by atoms with Crippen LogP contribution in [0.2, 0.25) is 0 Å². The summed E-state index contributed by atoms with van der Waals surface area (Å²) in [6.07, 6.45) is 4.60. The standard InChI is InChI=1S/C22H25NO3/c24-20(25)19(15-17-9-3-1-4-10-17)23-21(26)22(13-7-8-14-22)16-18-11-5-2-6-12-18/h1-6,9-12,19H,7-8,13-16H2,(H,23,26)(H,24,25). The molecular weight excluding hydrogens is 326 g/mol. The van der Waals surface area contributed by atoms with E-state index in [0.717, 1.165) is 36.8 Å². The molecule has 1 saturated carbocycles. The van der Waals surface area contributed by atoms with Crippen LogP contribution in [0, 0.1) is 5.41 Å². The van der Waals surface area contributed by atoms with E-state index in [2.05, 4.69) is 5.32 Å². The van der Waals surface area contributed by atoms with Gasteiger partial charge in [-0.05, 0) is 30.4 Å². The first kappa shape index (κ1) is 18.2. The number of aliphatic carboxylic acids is 1. The van der Waals surface area contributed by atoms with Crippen LogP contribution in [0.5, 0.6) is 0 Å². The Morgan fingerprint density at radius 3 is 2.00 bits per heavy atom. The molecule has 1 aliphatic carbocycles. The first-order valence-corrected chi connectivity index (χ1v) is 9.21. The molecule has 0 aliphatic heterocycles. The molecule has 2 N–H and O–H groups in total. The number of rotatable bonds is 7. The first-order chi connectivity index (χ1) is 12.6. The van der Waals surface area contributed by atoms with Gasteiger partial charge < -0.3 is 10.4 Å². The lowest BCUT2D eigenvalue weighted by Crippen LogP contribution is -2.49. The van der Waals surface area contributed by atoms with Crippen LogP contribution < -0.4 is 5.32 Å². The molecule has 2 aromatic rings. The number of carboxylic acid groups (broad SMARTS) is 1. The van der Waals surface area contributed by atoms with Crippen molar-refractivity contribution in [3.63, 3.8) is 0 Å². The molecular formula is C22H25NO3. The summed E-state index contributed by atoms with van der Waals surface area (Å²) in [7, 11) is 0. The maximum absolute atomic E-state index is 13.1. The molecule has 4 nitrogen and oxygen atoms in total. The van der Waals surface area contributed by atoms with Crippen molar-refractivity contribution in [1.82, 2.24) is 5.32 Å². The zero-order chi connectivity index (χ0) is 18.4. The summed E-state index contributed by atoms with van der Waals surface area (Å²) >= 11 is 0. The van der Waals surface area contributed by atoms with E-state index in [-0.39, 0.29) is 5.91 Å². The summed E-state index contributed by atoms with van der Waals surface area (Å²) in [6.45, 7) is 0. The molecule has 0 bridgehead atoms. The van der Waals surface area contributed by atoms with E-state index in [4.69, 9.17) is 0 Å². The van der Waals surface area contributed by atoms with Crippen molar-refractivity contribution in [2.45, 2.75) is 44.6 Å². The maximum atomic E-state index is 13.1. The highest BCUT2D eigenvalue weighted by Gasteiger charge is 2.42. The van der Waals surface area contributed by atoms with Crippen molar-refractivity contribution in [3.05, 3.63) is 71.8 Å². The van der Waals surface area contributed by atoms with Crippen LogP contribution in [0.3, 0.4) is 0 Å². The van der Waals surface area contributed by atoms with Crippen LogP contribution in [-0.4, -0.2) is 23.0 Å². The Balaban J connectivity index is 1.74. The zero-order valence-corrected chi connectivity index (χ0v) is 14.9. The summed E-state index contributed by atoms with van der Waals surface area (Å²) in [5.74, 6) is -1.11. The predicted octanol–water partition coefficient (Wildman–Crippen LogP) is 3.60. The minimum absolute atomic E-state index is 0.123. The van der Waals surface area contributed by atoms with Crippen molar-refractivity contribution < 1.29 is 14.7 Å². The molecule has 136 valence electrons. The third-order valence-electron chi connectivity index (χ3n) is 5.31. The van der Waals surface area contributed by atoms with Gasteiger partial charge >= 0.3 is 5.97 Å². The summed E-state index contributed by atoms with van der Waals surface area (Å²) in [5.41, 5.74) is 1.54. The Kier molecular flexibility index (Phi) is 5.71. The van der Waals surface area contributed by atoms with Gasteiger partial charge in [0.15, 0.2) is 0 Å². The van der Waals surface area contributed by atoms with Crippen molar-refractivity contribution in [2.75, 3.05) is 0 Å². The summed E-state index contributed by atoms with van der Waals surface area (Å²) < 4.78 is 0. The lowest BCUT2D eigenvalue weighted by Gasteiger charge is -2.29. The van der Waals surface area contributed by atoms with Gasteiger partial charge in [-0.2, -0.15) is 0 Å². The molecule has 0 heterocycles. The Morgan fingerprint density at radius 1 is 0.923 bits per heavy atom. The van der Waals surface area contributed by atoms with Crippen molar-refractivity contribution in [2.24, 2.45) is 5.41 Å². The van der Waals surface area contributed by atoms with Crippen LogP contribution in [0.25, 0.3) is 0 Å². The predicted molar refractivity (Wildman–Crippen MR) is 101 cm³/mol. The molecule has 26 heavy (non-hydrogen) atoms. The molecule has 0 saturated heterocycles. The van der Waals surface area contributed by atoms with Crippen molar-refractivity contribution >= 4 is 11.9 Å². The fraction of sp³-hybridized carbons (Fsp3) is 0.364. The van der Waals surface area contributed by atoms with E-state index < -0.39 is 17.4 Å². The van der Waals surface area contributed by atoms with Gasteiger partial charge in [0.1, 0.15) is 6.04 Å². The number of amides is 1. The van der Waals surface area contributed by atoms with E-state index in [1.807, 2.05) is 60.7 Å². The average Bonchev–Trinajstić information content (AvgIpc) is 3.12. The Hall–Kier alpha value is -2.62. The number of carboxylic acids is 1. The van der Waals surface area contributed by atoms with E-state index in [0.29, 0.717) is 12.8 Å². The molecule has 1 atom stereocenters. The molecule has 1 aliphatic rings. The van der Waals surface area contributed by atoms with Gasteiger partial charge in [0.05, 0.1) is 5.41 Å². The Morgan fingerprint density at radius 2 is 1.46 bits per heavy atom. The number of carbonyl (C=O) groups excluding carboxylic acids is 1. The molecule has 0 aromatic heterocycles. The number of carbonyl (C=O) groups is 2. The van der Waals surface area contributed by atoms with E-state index >= 15 is 0 Å². The van der Waals surface area contributed by atoms with Crippen LogP contribution in [0.1, 0.15) is 36.8 Å². The number of hydrogen-bond acceptors (Lipinski definition) is 2. The Bertz CT molecular complexity index is 736. The quantitative estimate of drug-likeness (QED) is 0.801. The fourth-order valence-electron chi connectivity index (χ4n) is 3.88. The highest BCUT2D eigenvalue weighted by atomic mass is 16.4. The second kappa shape index (κ2) is 8.17. The lowest BCUT2D eigenvalue weighted by molar-refractivity contribution is -0.143. The van der Waals surface area contributed by atoms with Gasteiger partial charge in [0.2, 0.25) is 5.91 Å². The van der Waals surface area contributed by atoms with Gasteiger partial charge in [0, 0.05) is 6.42 Å². The van der Waals surface area contributed by atoms with Gasteiger partial charge in [-0.25, -0.2) is 4.79 Å². The topological polar surface area (TPSA) is 66.4 Å². The monoisotopic (exact) mass is 351 g/mol. The van der Waals surface area contributed by atoms with E-state index in [1.165, 1.54) is 0 Å². The largest absolute Gasteiger partial charge is 0.480 e. The van der Waals surface area contributed by atoms with E-state index in [1.54, 1.807) is 0 Å². The third kappa shape index (κ3) is 4.31. The molecule has 0 spiro atoms. The number of benzene rings is 2. The molecule has 3 rings (SSSR count). The first-order valence-electron chi connectivity index (χ1n) is 9.21. The number of nitrogens with one attached hydrogen (secondary N) is 1. The Labute approximate surface area is 154 Å². The van der Waals surface area contributed by atoms with E-state index in [9.17, 15) is 14.7 Å². The molecule has 1 unspecified atom stereocenters. The SMILES string of the molecule is O=C(O)C(Cc1ccccc1)NC(=O)C1(Cc2ccccc2)CCCC1. The molecule has 1 amide bonds. The number of hydrogen-bond donors (Lipinski definition) is 2. The summed E-state index contributed by atoms with van der Waals surface area (Å²) in [5, 5.41) is 12.4. The second-order valence-electron chi connectivity index (χ2n) is 7.20. The van der Waals surface area contributed by atoms with Crippen LogP contribution in [0.15, 0.2) is 60.7 Å². The van der Waals surface area contributed by atoms with Gasteiger partial charge in [-0.15, -0.1) is 0 Å². The zero-order valence-electron chi connectivity index (χ0n) is 14.9. The molecule has 2 aromatic carbocycles. The fourth-order valence-corrected chi connectivity index (χ4v) is 3.88. The highest BCUT2D eigenvalue weighted by molar-refractivity contribution is 5.88. The third-order valence-corrected chi connectivity index (χ3v) is 5.31. The lowest BCUT2D eigenvalue weighted by atomic mass is 9.79. The normalized spacial score (nSPS) is 16.8. The van der Waals surface area contributed by atoms with Crippen molar-refractivity contribution in [1.29, 1.82) is 0 Å². The minimum atomic E-state index is -0.991. The minimum Gasteiger partial charge on any atom is -0.480 e. The smallest absolute Gasteiger partial charge is 0.326 e. The van der Waals surface area contributed by atoms with Gasteiger partial charge in [-0.3, -0.25) is 4.79 Å². The van der Waals surface area contributed by atoms with Crippen LogP contribution in [0.4, 0.5) is 0 Å². The summed E-state index contributed by atoms with van der Waals surface area (Å²) in [4.78, 5) is 24.8. The molecule has 0 radical (unpaired) electrons. The van der Waals surface area contributed by atoms with Crippen molar-refractivity contribution in [3.8, 4) is 0 Å².